The van der Waals surface area contributed by atoms with Crippen molar-refractivity contribution in [3.8, 4) is 0 Å². The van der Waals surface area contributed by atoms with Gasteiger partial charge in [-0.05, 0) is 74.9 Å². The van der Waals surface area contributed by atoms with Gasteiger partial charge in [0.05, 0.1) is 16.1 Å². The third-order valence-electron chi connectivity index (χ3n) is 5.45. The van der Waals surface area contributed by atoms with E-state index < -0.39 is 28.0 Å². The number of carbonyl (C=O) groups excluding carboxylic acids is 3. The van der Waals surface area contributed by atoms with Crippen LogP contribution in [0.15, 0.2) is 77.7 Å². The highest BCUT2D eigenvalue weighted by Gasteiger charge is 2.27. The summed E-state index contributed by atoms with van der Waals surface area (Å²) in [5.74, 6) is -1.61. The van der Waals surface area contributed by atoms with Crippen LogP contribution < -0.4 is 14.9 Å². The minimum Gasteiger partial charge on any atom is -0.449 e. The SMILES string of the molecule is CCN(c1ccccc1)S(=O)(=O)c1cc(C(=O)O[C@@H](C)C(=O)Nc2ccc(NC(C)=O)cc2)ccc1C. The lowest BCUT2D eigenvalue weighted by Crippen LogP contribution is -2.32. The number of carbonyl (C=O) groups is 3. The lowest BCUT2D eigenvalue weighted by Gasteiger charge is -2.24. The van der Waals surface area contributed by atoms with Gasteiger partial charge in [-0.15, -0.1) is 0 Å². The fraction of sp³-hybridized carbons (Fsp3) is 0.222. The number of benzene rings is 3. The summed E-state index contributed by atoms with van der Waals surface area (Å²) in [6, 6.07) is 19.4. The normalized spacial score (nSPS) is 11.8. The summed E-state index contributed by atoms with van der Waals surface area (Å²) in [5.41, 5.74) is 2.01. The number of amides is 2. The third-order valence-corrected chi connectivity index (χ3v) is 7.49. The fourth-order valence-electron chi connectivity index (χ4n) is 3.58. The molecule has 0 heterocycles. The molecule has 0 aliphatic heterocycles. The van der Waals surface area contributed by atoms with Crippen LogP contribution in [0.25, 0.3) is 0 Å². The molecule has 0 saturated carbocycles. The number of rotatable bonds is 9. The summed E-state index contributed by atoms with van der Waals surface area (Å²) in [7, 11) is -3.97. The quantitative estimate of drug-likeness (QED) is 0.402. The molecule has 0 fully saturated rings. The molecule has 3 aromatic rings. The zero-order chi connectivity index (χ0) is 27.2. The van der Waals surface area contributed by atoms with E-state index in [1.165, 1.54) is 36.4 Å². The first-order chi connectivity index (χ1) is 17.5. The molecule has 10 heteroatoms. The van der Waals surface area contributed by atoms with Gasteiger partial charge in [0.15, 0.2) is 6.10 Å². The Balaban J connectivity index is 1.74. The average Bonchev–Trinajstić information content (AvgIpc) is 2.86. The number of hydrogen-bond donors (Lipinski definition) is 2. The molecule has 0 aliphatic carbocycles. The van der Waals surface area contributed by atoms with Gasteiger partial charge in [-0.25, -0.2) is 13.2 Å². The van der Waals surface area contributed by atoms with Crippen molar-refractivity contribution in [1.82, 2.24) is 0 Å². The van der Waals surface area contributed by atoms with Crippen LogP contribution in [0.5, 0.6) is 0 Å². The predicted octanol–water partition coefficient (Wildman–Crippen LogP) is 4.35. The maximum absolute atomic E-state index is 13.5. The molecule has 0 spiro atoms. The Morgan fingerprint density at radius 3 is 2.08 bits per heavy atom. The van der Waals surface area contributed by atoms with Crippen molar-refractivity contribution in [2.24, 2.45) is 0 Å². The van der Waals surface area contributed by atoms with E-state index in [4.69, 9.17) is 4.74 Å². The van der Waals surface area contributed by atoms with Gasteiger partial charge in [-0.1, -0.05) is 24.3 Å². The van der Waals surface area contributed by atoms with Crippen LogP contribution in [-0.4, -0.2) is 38.9 Å². The number of ether oxygens (including phenoxy) is 1. The minimum absolute atomic E-state index is 0.00704. The third kappa shape index (κ3) is 6.73. The highest BCUT2D eigenvalue weighted by molar-refractivity contribution is 7.92. The van der Waals surface area contributed by atoms with Crippen molar-refractivity contribution in [1.29, 1.82) is 0 Å². The number of sulfonamides is 1. The van der Waals surface area contributed by atoms with Gasteiger partial charge in [-0.3, -0.25) is 13.9 Å². The summed E-state index contributed by atoms with van der Waals surface area (Å²) < 4.78 is 33.5. The van der Waals surface area contributed by atoms with E-state index in [2.05, 4.69) is 10.6 Å². The molecule has 194 valence electrons. The number of anilines is 3. The molecule has 0 bridgehead atoms. The van der Waals surface area contributed by atoms with Crippen molar-refractivity contribution >= 4 is 44.9 Å². The fourth-order valence-corrected chi connectivity index (χ4v) is 5.30. The zero-order valence-electron chi connectivity index (χ0n) is 21.0. The largest absolute Gasteiger partial charge is 0.449 e. The summed E-state index contributed by atoms with van der Waals surface area (Å²) in [6.07, 6.45) is -1.15. The predicted molar refractivity (Wildman–Crippen MR) is 142 cm³/mol. The topological polar surface area (TPSA) is 122 Å². The van der Waals surface area contributed by atoms with Crippen LogP contribution in [0.1, 0.15) is 36.7 Å². The molecule has 2 N–H and O–H groups in total. The Labute approximate surface area is 216 Å². The first-order valence-corrected chi connectivity index (χ1v) is 13.0. The number of para-hydroxylation sites is 1. The molecule has 0 aromatic heterocycles. The van der Waals surface area contributed by atoms with Gasteiger partial charge in [0, 0.05) is 24.8 Å². The maximum Gasteiger partial charge on any atom is 0.338 e. The standard InChI is InChI=1S/C27H29N3O6S/c1-5-30(24-9-7-6-8-10-24)37(34,35)25-17-21(12-11-18(25)2)27(33)36-19(3)26(32)29-23-15-13-22(14-16-23)28-20(4)31/h6-17,19H,5H2,1-4H3,(H,28,31)(H,29,32)/t19-/m0/s1. The van der Waals surface area contributed by atoms with Crippen molar-refractivity contribution in [3.63, 3.8) is 0 Å². The molecule has 3 rings (SSSR count). The maximum atomic E-state index is 13.5. The molecular weight excluding hydrogens is 494 g/mol. The Kier molecular flexibility index (Phi) is 8.67. The smallest absolute Gasteiger partial charge is 0.338 e. The number of nitrogens with zero attached hydrogens (tertiary/aromatic N) is 1. The lowest BCUT2D eigenvalue weighted by atomic mass is 10.1. The Bertz CT molecular complexity index is 1390. The van der Waals surface area contributed by atoms with Crippen molar-refractivity contribution in [2.45, 2.75) is 38.7 Å². The van der Waals surface area contributed by atoms with Gasteiger partial charge in [0.2, 0.25) is 5.91 Å². The second-order valence-electron chi connectivity index (χ2n) is 8.28. The van der Waals surface area contributed by atoms with Crippen LogP contribution >= 0.6 is 0 Å². The summed E-state index contributed by atoms with van der Waals surface area (Å²) in [4.78, 5) is 36.5. The lowest BCUT2D eigenvalue weighted by molar-refractivity contribution is -0.123. The van der Waals surface area contributed by atoms with Gasteiger partial charge < -0.3 is 15.4 Å². The number of aryl methyl sites for hydroxylation is 1. The van der Waals surface area contributed by atoms with Crippen molar-refractivity contribution < 1.29 is 27.5 Å². The first-order valence-electron chi connectivity index (χ1n) is 11.6. The van der Waals surface area contributed by atoms with Crippen LogP contribution in [0.2, 0.25) is 0 Å². The van der Waals surface area contributed by atoms with E-state index in [1.54, 1.807) is 68.4 Å². The highest BCUT2D eigenvalue weighted by atomic mass is 32.2. The van der Waals surface area contributed by atoms with E-state index >= 15 is 0 Å². The van der Waals surface area contributed by atoms with E-state index in [-0.39, 0.29) is 22.9 Å². The molecular formula is C27H29N3O6S. The molecule has 37 heavy (non-hydrogen) atoms. The van der Waals surface area contributed by atoms with E-state index in [0.29, 0.717) is 22.6 Å². The monoisotopic (exact) mass is 523 g/mol. The van der Waals surface area contributed by atoms with E-state index in [9.17, 15) is 22.8 Å². The van der Waals surface area contributed by atoms with Crippen LogP contribution in [-0.2, 0) is 24.3 Å². The molecule has 0 radical (unpaired) electrons. The van der Waals surface area contributed by atoms with Gasteiger partial charge in [0.25, 0.3) is 15.9 Å². The Morgan fingerprint density at radius 1 is 0.919 bits per heavy atom. The minimum atomic E-state index is -3.97. The highest BCUT2D eigenvalue weighted by Crippen LogP contribution is 2.26. The first kappa shape index (κ1) is 27.4. The Morgan fingerprint density at radius 2 is 1.51 bits per heavy atom. The van der Waals surface area contributed by atoms with Crippen molar-refractivity contribution in [2.75, 3.05) is 21.5 Å². The van der Waals surface area contributed by atoms with E-state index in [0.717, 1.165) is 0 Å². The molecule has 0 aliphatic rings. The summed E-state index contributed by atoms with van der Waals surface area (Å²) in [6.45, 7) is 6.38. The summed E-state index contributed by atoms with van der Waals surface area (Å²) in [5, 5.41) is 5.26. The van der Waals surface area contributed by atoms with Crippen LogP contribution in [0.4, 0.5) is 17.1 Å². The van der Waals surface area contributed by atoms with Gasteiger partial charge in [0.1, 0.15) is 0 Å². The number of esters is 1. The van der Waals surface area contributed by atoms with E-state index in [1.807, 2.05) is 0 Å². The molecule has 0 saturated heterocycles. The molecule has 1 atom stereocenters. The molecule has 3 aromatic carbocycles. The van der Waals surface area contributed by atoms with Gasteiger partial charge >= 0.3 is 5.97 Å². The number of hydrogen-bond acceptors (Lipinski definition) is 6. The Hall–Kier alpha value is -4.18. The van der Waals surface area contributed by atoms with Crippen molar-refractivity contribution in [3.05, 3.63) is 83.9 Å². The number of nitrogens with one attached hydrogen (secondary N) is 2. The molecule has 2 amide bonds. The second kappa shape index (κ2) is 11.7. The van der Waals surface area contributed by atoms with Crippen LogP contribution in [0, 0.1) is 6.92 Å². The van der Waals surface area contributed by atoms with Crippen LogP contribution in [0.3, 0.4) is 0 Å². The van der Waals surface area contributed by atoms with Gasteiger partial charge in [-0.2, -0.15) is 0 Å². The zero-order valence-corrected chi connectivity index (χ0v) is 21.8. The summed E-state index contributed by atoms with van der Waals surface area (Å²) >= 11 is 0. The molecule has 0 unspecified atom stereocenters. The molecule has 9 nitrogen and oxygen atoms in total. The second-order valence-corrected chi connectivity index (χ2v) is 10.1. The average molecular weight is 524 g/mol.